The number of thiol groups is 2. The zero-order chi connectivity index (χ0) is 6.91. The van der Waals surface area contributed by atoms with Gasteiger partial charge in [-0.3, -0.25) is 0 Å². The molecule has 4 heteroatoms. The van der Waals surface area contributed by atoms with Gasteiger partial charge in [0.15, 0.2) is 0 Å². The van der Waals surface area contributed by atoms with Crippen molar-refractivity contribution in [3.05, 3.63) is 0 Å². The first-order valence-corrected chi connectivity index (χ1v) is 7.99. The predicted octanol–water partition coefficient (Wildman–Crippen LogP) is 1.15. The van der Waals surface area contributed by atoms with Crippen molar-refractivity contribution < 1.29 is 0 Å². The van der Waals surface area contributed by atoms with E-state index in [2.05, 4.69) is 32.2 Å². The van der Waals surface area contributed by atoms with Gasteiger partial charge in [-0.1, -0.05) is 0 Å². The molecule has 0 nitrogen and oxygen atoms in total. The van der Waals surface area contributed by atoms with Crippen molar-refractivity contribution in [1.82, 2.24) is 0 Å². The quantitative estimate of drug-likeness (QED) is 0.486. The van der Waals surface area contributed by atoms with Gasteiger partial charge in [-0.05, 0) is 0 Å². The molecule has 1 fully saturated rings. The van der Waals surface area contributed by atoms with Crippen LogP contribution in [0.4, 0.5) is 0 Å². The fourth-order valence-electron chi connectivity index (χ4n) is 0.710. The first-order chi connectivity index (χ1) is 4.10. The molecule has 0 aliphatic carbocycles. The third kappa shape index (κ3) is 3.09. The van der Waals surface area contributed by atoms with Crippen LogP contribution in [0.15, 0.2) is 0 Å². The van der Waals surface area contributed by atoms with E-state index in [0.29, 0.717) is 22.8 Å². The van der Waals surface area contributed by atoms with Gasteiger partial charge in [0, 0.05) is 0 Å². The average molecular weight is 292 g/mol. The normalized spacial score (nSPS) is 45.0. The molecule has 0 saturated carbocycles. The predicted molar refractivity (Wildman–Crippen MR) is 51.3 cm³/mol. The Labute approximate surface area is 80.1 Å². The third-order valence-electron chi connectivity index (χ3n) is 1.02. The van der Waals surface area contributed by atoms with Gasteiger partial charge in [0.1, 0.15) is 0 Å². The van der Waals surface area contributed by atoms with E-state index in [1.807, 2.05) is 0 Å². The Balaban J connectivity index is 2.41. The fraction of sp³-hybridized carbons (Fsp3) is 1.00. The molecule has 0 aromatic rings. The Hall–Kier alpha value is 1.74. The zero-order valence-electron chi connectivity index (χ0n) is 5.20. The molecule has 1 aliphatic rings. The molecule has 2 atom stereocenters. The summed E-state index contributed by atoms with van der Waals surface area (Å²) < 4.78 is 1.05. The first-order valence-electron chi connectivity index (χ1n) is 2.76. The minimum atomic E-state index is 0.359. The van der Waals surface area contributed by atoms with Gasteiger partial charge in [-0.25, -0.2) is 0 Å². The summed E-state index contributed by atoms with van der Waals surface area (Å²) in [6.07, 6.45) is 0. The van der Waals surface area contributed by atoms with Crippen molar-refractivity contribution in [3.63, 3.8) is 0 Å². The second-order valence-corrected chi connectivity index (χ2v) is 11.1. The van der Waals surface area contributed by atoms with Crippen LogP contribution in [0.2, 0.25) is 10.6 Å². The van der Waals surface area contributed by atoms with E-state index in [4.69, 9.17) is 0 Å². The van der Waals surface area contributed by atoms with Crippen molar-refractivity contribution in [3.8, 4) is 0 Å². The third-order valence-corrected chi connectivity index (χ3v) is 10.6. The standard InChI is InChI=1S/C5H10S2Se2/c1-5(7)3-8-2-4(6)9-5/h4,6-7H,2-3H2,1H3. The van der Waals surface area contributed by atoms with Crippen molar-refractivity contribution in [2.24, 2.45) is 0 Å². The molecule has 0 N–H and O–H groups in total. The summed E-state index contributed by atoms with van der Waals surface area (Å²) in [5, 5.41) is 2.71. The van der Waals surface area contributed by atoms with Gasteiger partial charge in [0.05, 0.1) is 0 Å². The molecule has 1 aliphatic heterocycles. The van der Waals surface area contributed by atoms with E-state index in [0.717, 1.165) is 15.0 Å². The van der Waals surface area contributed by atoms with E-state index in [-0.39, 0.29) is 0 Å². The van der Waals surface area contributed by atoms with Crippen LogP contribution < -0.4 is 0 Å². The minimum absolute atomic E-state index is 0.359. The number of hydrogen-bond donors (Lipinski definition) is 2. The van der Waals surface area contributed by atoms with Crippen LogP contribution in [0, 0.1) is 0 Å². The van der Waals surface area contributed by atoms with E-state index in [9.17, 15) is 0 Å². The summed E-state index contributed by atoms with van der Waals surface area (Å²) in [6.45, 7) is 2.25. The molecule has 1 rings (SSSR count). The Morgan fingerprint density at radius 2 is 2.33 bits per heavy atom. The van der Waals surface area contributed by atoms with Gasteiger partial charge in [-0.15, -0.1) is 0 Å². The van der Waals surface area contributed by atoms with Crippen LogP contribution in [0.3, 0.4) is 0 Å². The topological polar surface area (TPSA) is 0 Å². The summed E-state index contributed by atoms with van der Waals surface area (Å²) in [7, 11) is 0. The average Bonchev–Trinajstić information content (AvgIpc) is 1.60. The Bertz CT molecular complexity index is 105. The van der Waals surface area contributed by atoms with E-state index >= 15 is 0 Å². The first kappa shape index (κ1) is 8.83. The molecule has 0 bridgehead atoms. The summed E-state index contributed by atoms with van der Waals surface area (Å²) in [5.41, 5.74) is 0. The maximum atomic E-state index is 4.57. The summed E-state index contributed by atoms with van der Waals surface area (Å²) in [6, 6.07) is 0. The summed E-state index contributed by atoms with van der Waals surface area (Å²) in [5.74, 6) is 0. The molecule has 0 aromatic heterocycles. The molecule has 54 valence electrons. The fourth-order valence-corrected chi connectivity index (χ4v) is 10.5. The molecule has 0 aromatic carbocycles. The molecule has 0 radical (unpaired) electrons. The van der Waals surface area contributed by atoms with E-state index < -0.39 is 0 Å². The summed E-state index contributed by atoms with van der Waals surface area (Å²) in [4.78, 5) is 0. The Morgan fingerprint density at radius 1 is 1.67 bits per heavy atom. The van der Waals surface area contributed by atoms with Crippen molar-refractivity contribution in [1.29, 1.82) is 0 Å². The van der Waals surface area contributed by atoms with Gasteiger partial charge in [0.25, 0.3) is 0 Å². The van der Waals surface area contributed by atoms with Crippen LogP contribution in [0.1, 0.15) is 6.92 Å². The van der Waals surface area contributed by atoms with Crippen molar-refractivity contribution in [2.45, 2.75) is 25.4 Å². The molecular weight excluding hydrogens is 282 g/mol. The SMILES string of the molecule is CC1(S)C[Se]CC(S)[Se]1. The molecular formula is C5H10S2Se2. The molecule has 2 unspecified atom stereocenters. The summed E-state index contributed by atoms with van der Waals surface area (Å²) >= 11 is 10.5. The van der Waals surface area contributed by atoms with E-state index in [1.165, 1.54) is 10.6 Å². The molecule has 0 amide bonds. The van der Waals surface area contributed by atoms with Crippen molar-refractivity contribution in [2.75, 3.05) is 0 Å². The number of hydrogen-bond acceptors (Lipinski definition) is 2. The van der Waals surface area contributed by atoms with Crippen LogP contribution >= 0.6 is 25.3 Å². The zero-order valence-corrected chi connectivity index (χ0v) is 10.4. The van der Waals surface area contributed by atoms with Gasteiger partial charge in [-0.2, -0.15) is 0 Å². The molecule has 9 heavy (non-hydrogen) atoms. The van der Waals surface area contributed by atoms with Crippen LogP contribution in [-0.4, -0.2) is 37.7 Å². The monoisotopic (exact) mass is 294 g/mol. The van der Waals surface area contributed by atoms with Crippen LogP contribution in [-0.2, 0) is 0 Å². The molecule has 1 saturated heterocycles. The van der Waals surface area contributed by atoms with Crippen molar-refractivity contribution >= 4 is 55.2 Å². The second-order valence-electron chi connectivity index (χ2n) is 2.26. The van der Waals surface area contributed by atoms with Gasteiger partial charge in [0.2, 0.25) is 0 Å². The maximum absolute atomic E-state index is 4.57. The van der Waals surface area contributed by atoms with Crippen LogP contribution in [0.5, 0.6) is 0 Å². The second kappa shape index (κ2) is 3.42. The Kier molecular flexibility index (Phi) is 3.36. The Morgan fingerprint density at radius 3 is 2.67 bits per heavy atom. The number of rotatable bonds is 0. The molecule has 0 spiro atoms. The van der Waals surface area contributed by atoms with Gasteiger partial charge >= 0.3 is 80.5 Å². The van der Waals surface area contributed by atoms with E-state index in [1.54, 1.807) is 0 Å². The van der Waals surface area contributed by atoms with Gasteiger partial charge < -0.3 is 0 Å². The molecule has 1 heterocycles. The van der Waals surface area contributed by atoms with Crippen LogP contribution in [0.25, 0.3) is 0 Å².